The molecule has 1 unspecified atom stereocenters. The SMILES string of the molecule is CC(C)C(C)N(C)c1cnccc1CCl. The highest BCUT2D eigenvalue weighted by Crippen LogP contribution is 2.23. The average molecular weight is 227 g/mol. The average Bonchev–Trinajstić information content (AvgIpc) is 2.26. The molecule has 0 aliphatic heterocycles. The first kappa shape index (κ1) is 12.3. The van der Waals surface area contributed by atoms with Crippen LogP contribution in [0.3, 0.4) is 0 Å². The van der Waals surface area contributed by atoms with Crippen LogP contribution in [0.15, 0.2) is 18.5 Å². The number of hydrogen-bond donors (Lipinski definition) is 0. The van der Waals surface area contributed by atoms with Crippen LogP contribution in [-0.4, -0.2) is 18.1 Å². The van der Waals surface area contributed by atoms with Gasteiger partial charge < -0.3 is 4.90 Å². The molecule has 1 aromatic rings. The van der Waals surface area contributed by atoms with Gasteiger partial charge in [0, 0.05) is 25.2 Å². The predicted octanol–water partition coefficient (Wildman–Crippen LogP) is 3.30. The lowest BCUT2D eigenvalue weighted by molar-refractivity contribution is 0.504. The Morgan fingerprint density at radius 3 is 2.60 bits per heavy atom. The first-order chi connectivity index (χ1) is 7.07. The number of pyridine rings is 1. The van der Waals surface area contributed by atoms with E-state index in [1.54, 1.807) is 6.20 Å². The van der Waals surface area contributed by atoms with Crippen LogP contribution < -0.4 is 4.90 Å². The highest BCUT2D eigenvalue weighted by molar-refractivity contribution is 6.17. The Morgan fingerprint density at radius 1 is 1.40 bits per heavy atom. The third kappa shape index (κ3) is 2.85. The molecule has 0 fully saturated rings. The Morgan fingerprint density at radius 2 is 2.07 bits per heavy atom. The molecule has 0 saturated carbocycles. The maximum atomic E-state index is 5.91. The molecule has 3 heteroatoms. The van der Waals surface area contributed by atoms with Crippen molar-refractivity contribution in [3.8, 4) is 0 Å². The summed E-state index contributed by atoms with van der Waals surface area (Å²) in [4.78, 5) is 6.40. The van der Waals surface area contributed by atoms with Crippen LogP contribution in [0.4, 0.5) is 5.69 Å². The second kappa shape index (κ2) is 5.36. The second-order valence-corrected chi connectivity index (χ2v) is 4.50. The number of halogens is 1. The molecule has 15 heavy (non-hydrogen) atoms. The Bertz CT molecular complexity index is 312. The summed E-state index contributed by atoms with van der Waals surface area (Å²) in [6.07, 6.45) is 3.67. The molecule has 1 rings (SSSR count). The zero-order valence-electron chi connectivity index (χ0n) is 9.87. The minimum atomic E-state index is 0.483. The van der Waals surface area contributed by atoms with Crippen molar-refractivity contribution < 1.29 is 0 Å². The van der Waals surface area contributed by atoms with Crippen molar-refractivity contribution in [1.29, 1.82) is 0 Å². The molecule has 1 atom stereocenters. The first-order valence-electron chi connectivity index (χ1n) is 5.29. The Balaban J connectivity index is 2.94. The van der Waals surface area contributed by atoms with Gasteiger partial charge in [-0.1, -0.05) is 13.8 Å². The van der Waals surface area contributed by atoms with Gasteiger partial charge in [0.1, 0.15) is 0 Å². The fraction of sp³-hybridized carbons (Fsp3) is 0.583. The molecule has 1 aromatic heterocycles. The number of anilines is 1. The zero-order valence-corrected chi connectivity index (χ0v) is 10.6. The highest BCUT2D eigenvalue weighted by Gasteiger charge is 2.15. The van der Waals surface area contributed by atoms with E-state index in [9.17, 15) is 0 Å². The predicted molar refractivity (Wildman–Crippen MR) is 66.5 cm³/mol. The summed E-state index contributed by atoms with van der Waals surface area (Å²) >= 11 is 5.91. The van der Waals surface area contributed by atoms with Gasteiger partial charge >= 0.3 is 0 Å². The van der Waals surface area contributed by atoms with Gasteiger partial charge in [0.15, 0.2) is 0 Å². The molecule has 0 N–H and O–H groups in total. The van der Waals surface area contributed by atoms with Gasteiger partial charge in [-0.05, 0) is 24.5 Å². The monoisotopic (exact) mass is 226 g/mol. The van der Waals surface area contributed by atoms with E-state index in [1.807, 2.05) is 12.3 Å². The fourth-order valence-corrected chi connectivity index (χ4v) is 1.74. The van der Waals surface area contributed by atoms with Crippen LogP contribution in [0.2, 0.25) is 0 Å². The number of rotatable bonds is 4. The van der Waals surface area contributed by atoms with Crippen LogP contribution >= 0.6 is 11.6 Å². The molecule has 2 nitrogen and oxygen atoms in total. The summed E-state index contributed by atoms with van der Waals surface area (Å²) in [7, 11) is 2.09. The zero-order chi connectivity index (χ0) is 11.4. The number of hydrogen-bond acceptors (Lipinski definition) is 2. The summed E-state index contributed by atoms with van der Waals surface area (Å²) in [6, 6.07) is 2.46. The molecule has 0 aliphatic rings. The maximum Gasteiger partial charge on any atom is 0.0597 e. The van der Waals surface area contributed by atoms with Gasteiger partial charge in [0.05, 0.1) is 11.9 Å². The summed E-state index contributed by atoms with van der Waals surface area (Å²) in [5.74, 6) is 1.14. The van der Waals surface area contributed by atoms with Crippen molar-refractivity contribution >= 4 is 17.3 Å². The van der Waals surface area contributed by atoms with Gasteiger partial charge in [-0.2, -0.15) is 0 Å². The van der Waals surface area contributed by atoms with Gasteiger partial charge in [-0.25, -0.2) is 0 Å². The summed E-state index contributed by atoms with van der Waals surface area (Å²) in [5.41, 5.74) is 2.27. The number of nitrogens with zero attached hydrogens (tertiary/aromatic N) is 2. The molecule has 1 heterocycles. The largest absolute Gasteiger partial charge is 0.370 e. The van der Waals surface area contributed by atoms with Crippen LogP contribution in [0, 0.1) is 5.92 Å². The summed E-state index contributed by atoms with van der Waals surface area (Å²) < 4.78 is 0. The lowest BCUT2D eigenvalue weighted by Gasteiger charge is -2.31. The van der Waals surface area contributed by atoms with E-state index in [0.29, 0.717) is 17.8 Å². The summed E-state index contributed by atoms with van der Waals surface area (Å²) in [6.45, 7) is 6.66. The van der Waals surface area contributed by atoms with Crippen molar-refractivity contribution in [2.24, 2.45) is 5.92 Å². The molecule has 84 valence electrons. The minimum Gasteiger partial charge on any atom is -0.370 e. The molecule has 0 aromatic carbocycles. The maximum absolute atomic E-state index is 5.91. The van der Waals surface area contributed by atoms with E-state index in [2.05, 4.69) is 37.7 Å². The van der Waals surface area contributed by atoms with Gasteiger partial charge in [0.2, 0.25) is 0 Å². The van der Waals surface area contributed by atoms with Crippen LogP contribution in [0.5, 0.6) is 0 Å². The lowest BCUT2D eigenvalue weighted by atomic mass is 10.0. The van der Waals surface area contributed by atoms with E-state index >= 15 is 0 Å². The molecule has 0 bridgehead atoms. The van der Waals surface area contributed by atoms with Gasteiger partial charge in [0.25, 0.3) is 0 Å². The highest BCUT2D eigenvalue weighted by atomic mass is 35.5. The lowest BCUT2D eigenvalue weighted by Crippen LogP contribution is -2.33. The molecule has 0 spiro atoms. The second-order valence-electron chi connectivity index (χ2n) is 4.23. The van der Waals surface area contributed by atoms with Crippen molar-refractivity contribution in [1.82, 2.24) is 4.98 Å². The topological polar surface area (TPSA) is 16.1 Å². The third-order valence-corrected chi connectivity index (χ3v) is 3.28. The summed E-state index contributed by atoms with van der Waals surface area (Å²) in [5, 5.41) is 0. The number of alkyl halides is 1. The Labute approximate surface area is 97.3 Å². The molecule has 0 amide bonds. The van der Waals surface area contributed by atoms with Crippen molar-refractivity contribution in [3.63, 3.8) is 0 Å². The standard InChI is InChI=1S/C12H19ClN2/c1-9(2)10(3)15(4)12-8-14-6-5-11(12)7-13/h5-6,8-10H,7H2,1-4H3. The third-order valence-electron chi connectivity index (χ3n) is 2.99. The molecule has 0 radical (unpaired) electrons. The van der Waals surface area contributed by atoms with E-state index in [-0.39, 0.29) is 0 Å². The van der Waals surface area contributed by atoms with E-state index in [0.717, 1.165) is 11.3 Å². The molecular weight excluding hydrogens is 208 g/mol. The Hall–Kier alpha value is -0.760. The minimum absolute atomic E-state index is 0.483. The van der Waals surface area contributed by atoms with Crippen LogP contribution in [0.1, 0.15) is 26.3 Å². The van der Waals surface area contributed by atoms with Crippen LogP contribution in [-0.2, 0) is 5.88 Å². The fourth-order valence-electron chi connectivity index (χ4n) is 1.51. The van der Waals surface area contributed by atoms with E-state index < -0.39 is 0 Å². The van der Waals surface area contributed by atoms with Crippen molar-refractivity contribution in [2.45, 2.75) is 32.7 Å². The van der Waals surface area contributed by atoms with Crippen molar-refractivity contribution in [3.05, 3.63) is 24.0 Å². The Kier molecular flexibility index (Phi) is 4.40. The molecule has 0 aliphatic carbocycles. The quantitative estimate of drug-likeness (QED) is 0.733. The van der Waals surface area contributed by atoms with Crippen molar-refractivity contribution in [2.75, 3.05) is 11.9 Å². The first-order valence-corrected chi connectivity index (χ1v) is 5.83. The molecular formula is C12H19ClN2. The van der Waals surface area contributed by atoms with Gasteiger partial charge in [-0.3, -0.25) is 4.98 Å². The molecule has 0 saturated heterocycles. The number of aromatic nitrogens is 1. The van der Waals surface area contributed by atoms with Gasteiger partial charge in [-0.15, -0.1) is 11.6 Å². The van der Waals surface area contributed by atoms with E-state index in [4.69, 9.17) is 11.6 Å². The smallest absolute Gasteiger partial charge is 0.0597 e. The van der Waals surface area contributed by atoms with Crippen LogP contribution in [0.25, 0.3) is 0 Å². The normalized spacial score (nSPS) is 12.9. The van der Waals surface area contributed by atoms with E-state index in [1.165, 1.54) is 0 Å².